The third-order valence-corrected chi connectivity index (χ3v) is 3.26. The van der Waals surface area contributed by atoms with Crippen molar-refractivity contribution in [1.82, 2.24) is 15.2 Å². The minimum atomic E-state index is 0.0939. The molecule has 0 saturated carbocycles. The summed E-state index contributed by atoms with van der Waals surface area (Å²) in [7, 11) is 0. The lowest BCUT2D eigenvalue weighted by Gasteiger charge is -2.37. The van der Waals surface area contributed by atoms with Crippen LogP contribution in [0.25, 0.3) is 0 Å². The lowest BCUT2D eigenvalue weighted by Crippen LogP contribution is -2.56. The van der Waals surface area contributed by atoms with Crippen LogP contribution in [0.3, 0.4) is 0 Å². The third kappa shape index (κ3) is 2.47. The smallest absolute Gasteiger partial charge is 0.256 e. The highest BCUT2D eigenvalue weighted by molar-refractivity contribution is 5.95. The Balaban J connectivity index is 2.22. The Kier molecular flexibility index (Phi) is 3.43. The molecule has 2 unspecified atom stereocenters. The fourth-order valence-electron chi connectivity index (χ4n) is 2.17. The second kappa shape index (κ2) is 4.84. The van der Waals surface area contributed by atoms with Gasteiger partial charge in [-0.2, -0.15) is 0 Å². The van der Waals surface area contributed by atoms with Crippen LogP contribution in [0.4, 0.5) is 0 Å². The van der Waals surface area contributed by atoms with Gasteiger partial charge in [-0.25, -0.2) is 0 Å². The largest absolute Gasteiger partial charge is 0.333 e. The molecule has 0 aromatic carbocycles. The van der Waals surface area contributed by atoms with Crippen molar-refractivity contribution >= 4 is 5.91 Å². The number of hydrogen-bond acceptors (Lipinski definition) is 3. The van der Waals surface area contributed by atoms with Crippen LogP contribution in [-0.4, -0.2) is 41.0 Å². The summed E-state index contributed by atoms with van der Waals surface area (Å²) in [6, 6.07) is 4.26. The first-order valence-corrected chi connectivity index (χ1v) is 6.05. The SMILES string of the molecule is Cc1ncccc1C(=O)N1CC(C)NCC1C. The third-order valence-electron chi connectivity index (χ3n) is 3.26. The lowest BCUT2D eigenvalue weighted by molar-refractivity contribution is 0.0615. The number of nitrogens with one attached hydrogen (secondary N) is 1. The second-order valence-electron chi connectivity index (χ2n) is 4.75. The molecule has 0 radical (unpaired) electrons. The fourth-order valence-corrected chi connectivity index (χ4v) is 2.17. The minimum absolute atomic E-state index is 0.0939. The summed E-state index contributed by atoms with van der Waals surface area (Å²) in [6.07, 6.45) is 1.72. The van der Waals surface area contributed by atoms with Crippen molar-refractivity contribution in [3.63, 3.8) is 0 Å². The molecule has 1 saturated heterocycles. The predicted molar refractivity (Wildman–Crippen MR) is 66.9 cm³/mol. The number of pyridine rings is 1. The zero-order valence-electron chi connectivity index (χ0n) is 10.6. The molecule has 0 aliphatic carbocycles. The van der Waals surface area contributed by atoms with Gasteiger partial charge in [-0.1, -0.05) is 0 Å². The van der Waals surface area contributed by atoms with Gasteiger partial charge >= 0.3 is 0 Å². The standard InChI is InChI=1S/C13H19N3O/c1-9-8-16(10(2)7-15-9)13(17)12-5-4-6-14-11(12)3/h4-6,9-10,15H,7-8H2,1-3H3. The van der Waals surface area contributed by atoms with E-state index in [4.69, 9.17) is 0 Å². The summed E-state index contributed by atoms with van der Waals surface area (Å²) in [4.78, 5) is 18.5. The van der Waals surface area contributed by atoms with Crippen molar-refractivity contribution in [3.05, 3.63) is 29.6 Å². The molecule has 2 rings (SSSR count). The van der Waals surface area contributed by atoms with Crippen molar-refractivity contribution in [2.75, 3.05) is 13.1 Å². The Bertz CT molecular complexity index is 419. The average Bonchev–Trinajstić information content (AvgIpc) is 2.32. The van der Waals surface area contributed by atoms with E-state index in [0.717, 1.165) is 18.8 Å². The average molecular weight is 233 g/mol. The maximum absolute atomic E-state index is 12.4. The van der Waals surface area contributed by atoms with Gasteiger partial charge in [-0.05, 0) is 32.9 Å². The number of aryl methyl sites for hydroxylation is 1. The van der Waals surface area contributed by atoms with Gasteiger partial charge in [0.1, 0.15) is 0 Å². The molecule has 92 valence electrons. The first-order chi connectivity index (χ1) is 8.09. The second-order valence-corrected chi connectivity index (χ2v) is 4.75. The lowest BCUT2D eigenvalue weighted by atomic mass is 10.1. The molecule has 1 aliphatic rings. The molecule has 4 heteroatoms. The molecule has 17 heavy (non-hydrogen) atoms. The van der Waals surface area contributed by atoms with Crippen molar-refractivity contribution in [1.29, 1.82) is 0 Å². The van der Waals surface area contributed by atoms with E-state index in [9.17, 15) is 4.79 Å². The molecule has 1 aromatic heterocycles. The predicted octanol–water partition coefficient (Wildman–Crippen LogP) is 1.21. The Morgan fingerprint density at radius 3 is 3.00 bits per heavy atom. The van der Waals surface area contributed by atoms with Crippen LogP contribution in [0.2, 0.25) is 0 Å². The molecule has 1 aliphatic heterocycles. The van der Waals surface area contributed by atoms with Gasteiger partial charge in [0.2, 0.25) is 0 Å². The normalized spacial score (nSPS) is 24.8. The van der Waals surface area contributed by atoms with E-state index in [-0.39, 0.29) is 11.9 Å². The first kappa shape index (κ1) is 12.0. The van der Waals surface area contributed by atoms with E-state index in [1.165, 1.54) is 0 Å². The topological polar surface area (TPSA) is 45.2 Å². The van der Waals surface area contributed by atoms with Crippen molar-refractivity contribution in [2.24, 2.45) is 0 Å². The number of carbonyl (C=O) groups is 1. The van der Waals surface area contributed by atoms with Crippen LogP contribution in [0, 0.1) is 6.92 Å². The molecular weight excluding hydrogens is 214 g/mol. The van der Waals surface area contributed by atoms with Gasteiger partial charge in [0.15, 0.2) is 0 Å². The summed E-state index contributed by atoms with van der Waals surface area (Å²) in [5.41, 5.74) is 1.52. The molecular formula is C13H19N3O. The van der Waals surface area contributed by atoms with Gasteiger partial charge in [-0.3, -0.25) is 9.78 Å². The van der Waals surface area contributed by atoms with Gasteiger partial charge < -0.3 is 10.2 Å². The zero-order chi connectivity index (χ0) is 12.4. The van der Waals surface area contributed by atoms with Gasteiger partial charge in [-0.15, -0.1) is 0 Å². The monoisotopic (exact) mass is 233 g/mol. The Morgan fingerprint density at radius 1 is 1.53 bits per heavy atom. The summed E-state index contributed by atoms with van der Waals surface area (Å²) in [6.45, 7) is 7.66. The Morgan fingerprint density at radius 2 is 2.29 bits per heavy atom. The Hall–Kier alpha value is -1.42. The molecule has 1 amide bonds. The number of amides is 1. The fraction of sp³-hybridized carbons (Fsp3) is 0.538. The van der Waals surface area contributed by atoms with Crippen LogP contribution >= 0.6 is 0 Å². The molecule has 4 nitrogen and oxygen atoms in total. The number of piperazine rings is 1. The van der Waals surface area contributed by atoms with Crippen molar-refractivity contribution < 1.29 is 4.79 Å². The number of hydrogen-bond donors (Lipinski definition) is 1. The van der Waals surface area contributed by atoms with E-state index < -0.39 is 0 Å². The molecule has 1 N–H and O–H groups in total. The maximum atomic E-state index is 12.4. The van der Waals surface area contributed by atoms with E-state index >= 15 is 0 Å². The van der Waals surface area contributed by atoms with E-state index in [1.54, 1.807) is 6.20 Å². The molecule has 2 heterocycles. The van der Waals surface area contributed by atoms with Crippen molar-refractivity contribution in [2.45, 2.75) is 32.9 Å². The van der Waals surface area contributed by atoms with Gasteiger partial charge in [0, 0.05) is 37.1 Å². The molecule has 0 spiro atoms. The van der Waals surface area contributed by atoms with Crippen LogP contribution in [0.15, 0.2) is 18.3 Å². The molecule has 1 fully saturated rings. The Labute approximate surface area is 102 Å². The summed E-state index contributed by atoms with van der Waals surface area (Å²) in [5, 5.41) is 3.37. The molecule has 1 aromatic rings. The maximum Gasteiger partial charge on any atom is 0.256 e. The summed E-state index contributed by atoms with van der Waals surface area (Å²) in [5.74, 6) is 0.0939. The van der Waals surface area contributed by atoms with Crippen LogP contribution in [0.1, 0.15) is 29.9 Å². The van der Waals surface area contributed by atoms with E-state index in [0.29, 0.717) is 11.6 Å². The minimum Gasteiger partial charge on any atom is -0.333 e. The molecule has 2 atom stereocenters. The van der Waals surface area contributed by atoms with Crippen molar-refractivity contribution in [3.8, 4) is 0 Å². The van der Waals surface area contributed by atoms with E-state index in [2.05, 4.69) is 24.1 Å². The zero-order valence-corrected chi connectivity index (χ0v) is 10.6. The first-order valence-electron chi connectivity index (χ1n) is 6.05. The molecule has 0 bridgehead atoms. The van der Waals surface area contributed by atoms with Gasteiger partial charge in [0.25, 0.3) is 5.91 Å². The highest BCUT2D eigenvalue weighted by atomic mass is 16.2. The number of carbonyl (C=O) groups excluding carboxylic acids is 1. The quantitative estimate of drug-likeness (QED) is 0.793. The highest BCUT2D eigenvalue weighted by Crippen LogP contribution is 2.14. The van der Waals surface area contributed by atoms with Crippen LogP contribution in [0.5, 0.6) is 0 Å². The van der Waals surface area contributed by atoms with Gasteiger partial charge in [0.05, 0.1) is 5.56 Å². The number of nitrogens with zero attached hydrogens (tertiary/aromatic N) is 2. The van der Waals surface area contributed by atoms with Crippen LogP contribution in [-0.2, 0) is 0 Å². The number of aromatic nitrogens is 1. The van der Waals surface area contributed by atoms with E-state index in [1.807, 2.05) is 24.0 Å². The highest BCUT2D eigenvalue weighted by Gasteiger charge is 2.27. The number of rotatable bonds is 1. The van der Waals surface area contributed by atoms with Crippen LogP contribution < -0.4 is 5.32 Å². The summed E-state index contributed by atoms with van der Waals surface area (Å²) < 4.78 is 0. The summed E-state index contributed by atoms with van der Waals surface area (Å²) >= 11 is 0.